The smallest absolute Gasteiger partial charge is 0.166 e. The van der Waals surface area contributed by atoms with Crippen LogP contribution in [0.1, 0.15) is 34.1 Å². The lowest BCUT2D eigenvalue weighted by Gasteiger charge is -2.18. The molecule has 0 bridgehead atoms. The number of ketones is 2. The molecule has 0 radical (unpaired) electrons. The lowest BCUT2D eigenvalue weighted by Crippen LogP contribution is -2.24. The average molecular weight is 174 g/mol. The number of rotatable bonds is 0. The highest BCUT2D eigenvalue weighted by Gasteiger charge is 2.28. The van der Waals surface area contributed by atoms with Crippen molar-refractivity contribution in [2.45, 2.75) is 13.3 Å². The van der Waals surface area contributed by atoms with Crippen LogP contribution in [-0.4, -0.2) is 11.6 Å². The van der Waals surface area contributed by atoms with Crippen LogP contribution in [0.15, 0.2) is 24.3 Å². The molecule has 0 saturated carbocycles. The standard InChI is InChI=1S/C11H10O2/c1-7-6-10(12)8-4-2-3-5-9(8)11(7)13/h2-5,7H,6H2,1H3. The minimum atomic E-state index is -0.151. The fraction of sp³-hybridized carbons (Fsp3) is 0.273. The van der Waals surface area contributed by atoms with Crippen LogP contribution in [0.2, 0.25) is 0 Å². The Morgan fingerprint density at radius 3 is 2.46 bits per heavy atom. The summed E-state index contributed by atoms with van der Waals surface area (Å²) in [6, 6.07) is 7.04. The van der Waals surface area contributed by atoms with Gasteiger partial charge in [-0.1, -0.05) is 31.2 Å². The SMILES string of the molecule is CC1CC(=O)c2ccccc2C1=O. The molecule has 0 heterocycles. The summed E-state index contributed by atoms with van der Waals surface area (Å²) in [5, 5.41) is 0. The van der Waals surface area contributed by atoms with Crippen molar-refractivity contribution in [3.05, 3.63) is 35.4 Å². The molecule has 2 nitrogen and oxygen atoms in total. The van der Waals surface area contributed by atoms with Crippen LogP contribution in [-0.2, 0) is 0 Å². The van der Waals surface area contributed by atoms with E-state index in [0.717, 1.165) is 0 Å². The van der Waals surface area contributed by atoms with Gasteiger partial charge in [0.25, 0.3) is 0 Å². The molecule has 1 aliphatic rings. The Kier molecular flexibility index (Phi) is 1.76. The second-order valence-electron chi connectivity index (χ2n) is 3.44. The lowest BCUT2D eigenvalue weighted by molar-refractivity contribution is 0.0835. The molecule has 1 unspecified atom stereocenters. The predicted molar refractivity (Wildman–Crippen MR) is 48.9 cm³/mol. The molecule has 1 aromatic rings. The third-order valence-electron chi connectivity index (χ3n) is 2.43. The van der Waals surface area contributed by atoms with E-state index in [2.05, 4.69) is 0 Å². The normalized spacial score (nSPS) is 21.5. The summed E-state index contributed by atoms with van der Waals surface area (Å²) >= 11 is 0. The van der Waals surface area contributed by atoms with Crippen LogP contribution in [0.3, 0.4) is 0 Å². The van der Waals surface area contributed by atoms with Crippen LogP contribution in [0, 0.1) is 5.92 Å². The highest BCUT2D eigenvalue weighted by molar-refractivity contribution is 6.14. The fourth-order valence-corrected chi connectivity index (χ4v) is 1.69. The molecule has 0 N–H and O–H groups in total. The van der Waals surface area contributed by atoms with E-state index in [-0.39, 0.29) is 17.5 Å². The highest BCUT2D eigenvalue weighted by Crippen LogP contribution is 2.24. The van der Waals surface area contributed by atoms with Gasteiger partial charge in [-0.05, 0) is 0 Å². The largest absolute Gasteiger partial charge is 0.294 e. The van der Waals surface area contributed by atoms with E-state index in [0.29, 0.717) is 17.5 Å². The van der Waals surface area contributed by atoms with Crippen molar-refractivity contribution in [3.8, 4) is 0 Å². The predicted octanol–water partition coefficient (Wildman–Crippen LogP) is 2.09. The van der Waals surface area contributed by atoms with Gasteiger partial charge in [0.05, 0.1) is 0 Å². The molecule has 66 valence electrons. The van der Waals surface area contributed by atoms with E-state index in [4.69, 9.17) is 0 Å². The Morgan fingerprint density at radius 2 is 1.77 bits per heavy atom. The summed E-state index contributed by atoms with van der Waals surface area (Å²) in [7, 11) is 0. The number of Topliss-reactive ketones (excluding diaryl/α,β-unsaturated/α-hetero) is 2. The number of carbonyl (C=O) groups excluding carboxylic acids is 2. The first-order chi connectivity index (χ1) is 6.20. The third-order valence-corrected chi connectivity index (χ3v) is 2.43. The summed E-state index contributed by atoms with van der Waals surface area (Å²) < 4.78 is 0. The molecule has 0 aromatic heterocycles. The average Bonchev–Trinajstić information content (AvgIpc) is 2.15. The van der Waals surface area contributed by atoms with Gasteiger partial charge in [0.15, 0.2) is 11.6 Å². The molecule has 0 amide bonds. The molecule has 1 atom stereocenters. The molecule has 1 aliphatic carbocycles. The van der Waals surface area contributed by atoms with Crippen LogP contribution in [0.25, 0.3) is 0 Å². The van der Waals surface area contributed by atoms with Crippen LogP contribution >= 0.6 is 0 Å². The minimum absolute atomic E-state index is 0.0858. The quantitative estimate of drug-likeness (QED) is 0.603. The topological polar surface area (TPSA) is 34.1 Å². The maximum absolute atomic E-state index is 11.6. The molecule has 2 rings (SSSR count). The van der Waals surface area contributed by atoms with E-state index < -0.39 is 0 Å². The number of benzene rings is 1. The second kappa shape index (κ2) is 2.80. The van der Waals surface area contributed by atoms with Crippen molar-refractivity contribution >= 4 is 11.6 Å². The summed E-state index contributed by atoms with van der Waals surface area (Å²) in [5.74, 6) is 0.0281. The zero-order valence-electron chi connectivity index (χ0n) is 7.41. The van der Waals surface area contributed by atoms with Gasteiger partial charge < -0.3 is 0 Å². The number of carbonyl (C=O) groups is 2. The number of fused-ring (bicyclic) bond motifs is 1. The highest BCUT2D eigenvalue weighted by atomic mass is 16.1. The Hall–Kier alpha value is -1.44. The molecule has 2 heteroatoms. The van der Waals surface area contributed by atoms with Crippen LogP contribution in [0.4, 0.5) is 0 Å². The lowest BCUT2D eigenvalue weighted by atomic mass is 9.83. The molecular weight excluding hydrogens is 164 g/mol. The first kappa shape index (κ1) is 8.17. The van der Waals surface area contributed by atoms with Gasteiger partial charge in [-0.2, -0.15) is 0 Å². The third kappa shape index (κ3) is 1.18. The van der Waals surface area contributed by atoms with Crippen molar-refractivity contribution in [2.75, 3.05) is 0 Å². The zero-order valence-corrected chi connectivity index (χ0v) is 7.41. The second-order valence-corrected chi connectivity index (χ2v) is 3.44. The van der Waals surface area contributed by atoms with Gasteiger partial charge in [0.1, 0.15) is 0 Å². The van der Waals surface area contributed by atoms with E-state index >= 15 is 0 Å². The van der Waals surface area contributed by atoms with Gasteiger partial charge in [-0.25, -0.2) is 0 Å². The van der Waals surface area contributed by atoms with Crippen molar-refractivity contribution in [1.82, 2.24) is 0 Å². The van der Waals surface area contributed by atoms with E-state index in [1.165, 1.54) is 0 Å². The molecule has 1 aromatic carbocycles. The maximum atomic E-state index is 11.6. The summed E-state index contributed by atoms with van der Waals surface area (Å²) in [6.45, 7) is 1.80. The molecule has 13 heavy (non-hydrogen) atoms. The van der Waals surface area contributed by atoms with Gasteiger partial charge in [-0.15, -0.1) is 0 Å². The maximum Gasteiger partial charge on any atom is 0.166 e. The van der Waals surface area contributed by atoms with Gasteiger partial charge >= 0.3 is 0 Å². The molecule has 0 aliphatic heterocycles. The Bertz CT molecular complexity index is 379. The molecule has 0 spiro atoms. The molecular formula is C11H10O2. The summed E-state index contributed by atoms with van der Waals surface area (Å²) in [4.78, 5) is 23.1. The monoisotopic (exact) mass is 174 g/mol. The number of hydrogen-bond acceptors (Lipinski definition) is 2. The van der Waals surface area contributed by atoms with Gasteiger partial charge in [-0.3, -0.25) is 9.59 Å². The van der Waals surface area contributed by atoms with Crippen molar-refractivity contribution in [3.63, 3.8) is 0 Å². The first-order valence-corrected chi connectivity index (χ1v) is 4.36. The van der Waals surface area contributed by atoms with E-state index in [9.17, 15) is 9.59 Å². The summed E-state index contributed by atoms with van der Waals surface area (Å²) in [6.07, 6.45) is 0.357. The van der Waals surface area contributed by atoms with Crippen molar-refractivity contribution in [2.24, 2.45) is 5.92 Å². The van der Waals surface area contributed by atoms with Crippen molar-refractivity contribution < 1.29 is 9.59 Å². The van der Waals surface area contributed by atoms with E-state index in [1.807, 2.05) is 0 Å². The Balaban J connectivity index is 2.60. The van der Waals surface area contributed by atoms with Gasteiger partial charge in [0, 0.05) is 23.5 Å². The van der Waals surface area contributed by atoms with Crippen LogP contribution < -0.4 is 0 Å². The number of hydrogen-bond donors (Lipinski definition) is 0. The zero-order chi connectivity index (χ0) is 9.42. The van der Waals surface area contributed by atoms with Gasteiger partial charge in [0.2, 0.25) is 0 Å². The first-order valence-electron chi connectivity index (χ1n) is 4.36. The fourth-order valence-electron chi connectivity index (χ4n) is 1.69. The van der Waals surface area contributed by atoms with Crippen molar-refractivity contribution in [1.29, 1.82) is 0 Å². The van der Waals surface area contributed by atoms with E-state index in [1.54, 1.807) is 31.2 Å². The minimum Gasteiger partial charge on any atom is -0.294 e. The Labute approximate surface area is 76.6 Å². The molecule has 0 saturated heterocycles. The molecule has 0 fully saturated rings. The van der Waals surface area contributed by atoms with Crippen LogP contribution in [0.5, 0.6) is 0 Å². The Morgan fingerprint density at radius 1 is 1.15 bits per heavy atom. The summed E-state index contributed by atoms with van der Waals surface area (Å²) in [5.41, 5.74) is 1.18.